The van der Waals surface area contributed by atoms with Gasteiger partial charge in [-0.3, -0.25) is 9.59 Å². The van der Waals surface area contributed by atoms with E-state index in [0.29, 0.717) is 19.4 Å². The van der Waals surface area contributed by atoms with Gasteiger partial charge in [-0.15, -0.1) is 0 Å². The number of allylic oxidation sites excluding steroid dienone is 7. The number of ether oxygens (including phenoxy) is 3. The van der Waals surface area contributed by atoms with Crippen LogP contribution in [-0.4, -0.2) is 100 Å². The van der Waals surface area contributed by atoms with Crippen molar-refractivity contribution in [2.75, 3.05) is 19.8 Å². The van der Waals surface area contributed by atoms with E-state index in [2.05, 4.69) is 55.6 Å². The van der Waals surface area contributed by atoms with Gasteiger partial charge in [0.15, 0.2) is 6.29 Å². The largest absolute Gasteiger partial charge is 0.466 e. The SMILES string of the molecule is CCCCC/C=C/CC/C=C/C(O)C(COC1OC(CO)C(O)C(O)C1O)NC(=O)CCCCCCCCCCCC/C=C\CCCCCCCCCCCCCCOC(=O)CCCCCCC/C=C\CCCCCCCCC. The van der Waals surface area contributed by atoms with Crippen molar-refractivity contribution in [1.82, 2.24) is 5.32 Å². The molecule has 0 spiro atoms. The lowest BCUT2D eigenvalue weighted by atomic mass is 9.99. The second kappa shape index (κ2) is 57.4. The quantitative estimate of drug-likeness (QED) is 0.0195. The maximum Gasteiger partial charge on any atom is 0.305 e. The highest BCUT2D eigenvalue weighted by Gasteiger charge is 2.44. The zero-order valence-electron chi connectivity index (χ0n) is 51.1. The third-order valence-electron chi connectivity index (χ3n) is 15.6. The molecular formula is C68H125NO10. The Kier molecular flexibility index (Phi) is 54.3. The first kappa shape index (κ1) is 74.6. The fourth-order valence-electron chi connectivity index (χ4n) is 10.3. The van der Waals surface area contributed by atoms with E-state index in [1.807, 2.05) is 6.08 Å². The summed E-state index contributed by atoms with van der Waals surface area (Å²) in [4.78, 5) is 25.1. The monoisotopic (exact) mass is 1120 g/mol. The minimum absolute atomic E-state index is 0.00368. The highest BCUT2D eigenvalue weighted by atomic mass is 16.7. The van der Waals surface area contributed by atoms with Gasteiger partial charge in [0.2, 0.25) is 5.91 Å². The molecule has 1 aliphatic heterocycles. The highest BCUT2D eigenvalue weighted by molar-refractivity contribution is 5.76. The number of carbonyl (C=O) groups excluding carboxylic acids is 2. The molecule has 462 valence electrons. The van der Waals surface area contributed by atoms with E-state index in [-0.39, 0.29) is 18.5 Å². The van der Waals surface area contributed by atoms with Crippen LogP contribution in [0.5, 0.6) is 0 Å². The first-order valence-corrected chi connectivity index (χ1v) is 33.4. The van der Waals surface area contributed by atoms with Gasteiger partial charge in [-0.25, -0.2) is 0 Å². The van der Waals surface area contributed by atoms with Crippen LogP contribution in [0, 0.1) is 0 Å². The number of esters is 1. The second-order valence-corrected chi connectivity index (χ2v) is 23.2. The molecular weight excluding hydrogens is 991 g/mol. The maximum atomic E-state index is 13.0. The van der Waals surface area contributed by atoms with Gasteiger partial charge in [0.25, 0.3) is 0 Å². The molecule has 0 bridgehead atoms. The first-order valence-electron chi connectivity index (χ1n) is 33.4. The third-order valence-corrected chi connectivity index (χ3v) is 15.6. The molecule has 7 atom stereocenters. The molecule has 11 heteroatoms. The zero-order valence-corrected chi connectivity index (χ0v) is 51.1. The Morgan fingerprint density at radius 3 is 1.28 bits per heavy atom. The summed E-state index contributed by atoms with van der Waals surface area (Å²) in [5.41, 5.74) is 0. The van der Waals surface area contributed by atoms with E-state index in [1.165, 1.54) is 225 Å². The topological polar surface area (TPSA) is 175 Å². The second-order valence-electron chi connectivity index (χ2n) is 23.2. The number of aliphatic hydroxyl groups excluding tert-OH is 5. The molecule has 79 heavy (non-hydrogen) atoms. The zero-order chi connectivity index (χ0) is 57.3. The standard InChI is InChI=1S/C68H125NO10/c1-3-5-7-9-11-13-14-15-16-30-33-36-40-44-48-52-56-64(73)77-57-53-49-45-41-37-34-31-28-26-24-22-20-18-17-19-21-23-25-27-29-32-35-39-43-47-51-55-63(72)69-60(61(71)54-50-46-42-38-12-10-8-6-4-2)59-78-68-67(76)66(75)65(74)62(58-70)79-68/h12,16-17,19,30,38,50,54,60-62,65-68,70-71,74-76H,3-11,13-15,18,20-29,31-37,39-49,51-53,55-59H2,1-2H3,(H,69,72)/b19-17-,30-16-,38-12+,54-50+. The smallest absolute Gasteiger partial charge is 0.305 e. The summed E-state index contributed by atoms with van der Waals surface area (Å²) in [6.45, 7) is 4.28. The number of hydrogen-bond donors (Lipinski definition) is 6. The molecule has 7 unspecified atom stereocenters. The van der Waals surface area contributed by atoms with Gasteiger partial charge < -0.3 is 45.1 Å². The molecule has 1 heterocycles. The summed E-state index contributed by atoms with van der Waals surface area (Å²) >= 11 is 0. The van der Waals surface area contributed by atoms with E-state index < -0.39 is 49.5 Å². The minimum atomic E-state index is -1.58. The van der Waals surface area contributed by atoms with Crippen LogP contribution in [0.1, 0.15) is 309 Å². The fraction of sp³-hybridized carbons (Fsp3) is 0.853. The Bertz CT molecular complexity index is 1450. The molecule has 11 nitrogen and oxygen atoms in total. The summed E-state index contributed by atoms with van der Waals surface area (Å²) in [5.74, 6) is -0.200. The Labute approximate surface area is 485 Å². The number of aliphatic hydroxyl groups is 5. The van der Waals surface area contributed by atoms with Crippen LogP contribution in [0.15, 0.2) is 48.6 Å². The van der Waals surface area contributed by atoms with Gasteiger partial charge >= 0.3 is 5.97 Å². The Morgan fingerprint density at radius 1 is 0.456 bits per heavy atom. The van der Waals surface area contributed by atoms with Gasteiger partial charge in [-0.05, 0) is 96.3 Å². The predicted molar refractivity (Wildman–Crippen MR) is 329 cm³/mol. The van der Waals surface area contributed by atoms with Crippen molar-refractivity contribution in [3.8, 4) is 0 Å². The van der Waals surface area contributed by atoms with E-state index in [1.54, 1.807) is 6.08 Å². The van der Waals surface area contributed by atoms with Gasteiger partial charge in [0.05, 0.1) is 32.0 Å². The minimum Gasteiger partial charge on any atom is -0.466 e. The molecule has 0 aromatic carbocycles. The summed E-state index contributed by atoms with van der Waals surface area (Å²) in [6, 6.07) is -0.828. The number of nitrogens with one attached hydrogen (secondary N) is 1. The van der Waals surface area contributed by atoms with Crippen LogP contribution in [0.2, 0.25) is 0 Å². The Hall–Kier alpha value is -2.38. The summed E-state index contributed by atoms with van der Waals surface area (Å²) in [7, 11) is 0. The maximum absolute atomic E-state index is 13.0. The lowest BCUT2D eigenvalue weighted by molar-refractivity contribution is -0.302. The van der Waals surface area contributed by atoms with Crippen molar-refractivity contribution in [2.45, 2.75) is 352 Å². The van der Waals surface area contributed by atoms with Crippen LogP contribution in [0.4, 0.5) is 0 Å². The van der Waals surface area contributed by atoms with E-state index in [4.69, 9.17) is 14.2 Å². The normalized spacial score (nSPS) is 18.7. The number of unbranched alkanes of at least 4 members (excludes halogenated alkanes) is 38. The average molecular weight is 1120 g/mol. The number of amides is 1. The molecule has 1 fully saturated rings. The molecule has 1 rings (SSSR count). The fourth-order valence-corrected chi connectivity index (χ4v) is 10.3. The lowest BCUT2D eigenvalue weighted by Crippen LogP contribution is -2.60. The highest BCUT2D eigenvalue weighted by Crippen LogP contribution is 2.23. The third kappa shape index (κ3) is 46.8. The number of carbonyl (C=O) groups is 2. The molecule has 0 saturated carbocycles. The van der Waals surface area contributed by atoms with Gasteiger partial charge in [-0.2, -0.15) is 0 Å². The van der Waals surface area contributed by atoms with Gasteiger partial charge in [0, 0.05) is 12.8 Å². The molecule has 6 N–H and O–H groups in total. The van der Waals surface area contributed by atoms with Crippen molar-refractivity contribution in [3.63, 3.8) is 0 Å². The van der Waals surface area contributed by atoms with Crippen molar-refractivity contribution in [3.05, 3.63) is 48.6 Å². The molecule has 1 aliphatic rings. The Morgan fingerprint density at radius 2 is 0.823 bits per heavy atom. The summed E-state index contributed by atoms with van der Waals surface area (Å²) in [5, 5.41) is 54.2. The summed E-state index contributed by atoms with van der Waals surface area (Å²) < 4.78 is 16.7. The van der Waals surface area contributed by atoms with Crippen LogP contribution in [0.25, 0.3) is 0 Å². The van der Waals surface area contributed by atoms with Crippen molar-refractivity contribution in [2.24, 2.45) is 0 Å². The lowest BCUT2D eigenvalue weighted by Gasteiger charge is -2.40. The van der Waals surface area contributed by atoms with Crippen LogP contribution >= 0.6 is 0 Å². The van der Waals surface area contributed by atoms with Gasteiger partial charge in [-0.1, -0.05) is 249 Å². The molecule has 0 aliphatic carbocycles. The van der Waals surface area contributed by atoms with Crippen molar-refractivity contribution >= 4 is 11.9 Å². The number of rotatable bonds is 58. The molecule has 0 radical (unpaired) electrons. The van der Waals surface area contributed by atoms with E-state index >= 15 is 0 Å². The first-order chi connectivity index (χ1) is 38.7. The van der Waals surface area contributed by atoms with Crippen LogP contribution in [-0.2, 0) is 23.8 Å². The van der Waals surface area contributed by atoms with Crippen molar-refractivity contribution in [1.29, 1.82) is 0 Å². The average Bonchev–Trinajstić information content (AvgIpc) is 3.45. The van der Waals surface area contributed by atoms with E-state index in [0.717, 1.165) is 57.8 Å². The summed E-state index contributed by atoms with van der Waals surface area (Å²) in [6.07, 6.45) is 63.9. The molecule has 1 saturated heterocycles. The van der Waals surface area contributed by atoms with Crippen molar-refractivity contribution < 1.29 is 49.3 Å². The molecule has 0 aromatic heterocycles. The molecule has 1 amide bonds. The molecule has 0 aromatic rings. The van der Waals surface area contributed by atoms with Crippen LogP contribution in [0.3, 0.4) is 0 Å². The van der Waals surface area contributed by atoms with E-state index in [9.17, 15) is 35.1 Å². The van der Waals surface area contributed by atoms with Gasteiger partial charge in [0.1, 0.15) is 24.4 Å². The Balaban J connectivity index is 1.95. The predicted octanol–water partition coefficient (Wildman–Crippen LogP) is 16.4. The van der Waals surface area contributed by atoms with Crippen LogP contribution < -0.4 is 5.32 Å². The number of hydrogen-bond acceptors (Lipinski definition) is 10.